The third kappa shape index (κ3) is 5.87. The van der Waals surface area contributed by atoms with Crippen LogP contribution in [0.2, 0.25) is 0 Å². The van der Waals surface area contributed by atoms with Crippen LogP contribution in [0.5, 0.6) is 11.5 Å². The van der Waals surface area contributed by atoms with Gasteiger partial charge in [-0.1, -0.05) is 0 Å². The second-order valence-corrected chi connectivity index (χ2v) is 6.14. The predicted octanol–water partition coefficient (Wildman–Crippen LogP) is 2.59. The Bertz CT molecular complexity index is 781. The maximum absolute atomic E-state index is 12.0. The molecule has 7 nitrogen and oxygen atoms in total. The van der Waals surface area contributed by atoms with Gasteiger partial charge in [0.05, 0.1) is 0 Å². The molecule has 1 heterocycles. The lowest BCUT2D eigenvalue weighted by Crippen LogP contribution is -2.23. The Balaban J connectivity index is 0.00000280. The highest BCUT2D eigenvalue weighted by Gasteiger charge is 2.21. The number of nitrogens with zero attached hydrogens (tertiary/aromatic N) is 1. The molecule has 3 N–H and O–H groups in total. The summed E-state index contributed by atoms with van der Waals surface area (Å²) in [6, 6.07) is 14.2. The first-order valence-corrected chi connectivity index (χ1v) is 8.92. The average molecular weight is 406 g/mol. The van der Waals surface area contributed by atoms with E-state index in [1.807, 2.05) is 12.1 Å². The standard InChI is InChI=1S/C20H23N3O4.ClH/c21-11-13-26-17-7-3-15(4-8-17)22-19(24)14-27-18-9-5-16(6-10-18)23-12-1-2-20(23)25;/h3-10H,1-2,11-14,21H2,(H,22,24);1H. The van der Waals surface area contributed by atoms with Crippen LogP contribution in [-0.4, -0.2) is 38.1 Å². The molecule has 1 aliphatic heterocycles. The minimum absolute atomic E-state index is 0. The van der Waals surface area contributed by atoms with E-state index in [0.717, 1.165) is 18.7 Å². The molecule has 1 fully saturated rings. The van der Waals surface area contributed by atoms with E-state index in [4.69, 9.17) is 15.2 Å². The van der Waals surface area contributed by atoms with E-state index in [1.165, 1.54) is 0 Å². The van der Waals surface area contributed by atoms with Crippen LogP contribution in [0, 0.1) is 0 Å². The van der Waals surface area contributed by atoms with Gasteiger partial charge in [0, 0.05) is 30.9 Å². The number of hydrogen-bond donors (Lipinski definition) is 2. The third-order valence-corrected chi connectivity index (χ3v) is 4.12. The van der Waals surface area contributed by atoms with Gasteiger partial charge in [-0.15, -0.1) is 12.4 Å². The van der Waals surface area contributed by atoms with Crippen molar-refractivity contribution in [3.63, 3.8) is 0 Å². The summed E-state index contributed by atoms with van der Waals surface area (Å²) in [5.41, 5.74) is 6.90. The van der Waals surface area contributed by atoms with E-state index in [-0.39, 0.29) is 30.8 Å². The first kappa shape index (κ1) is 21.5. The summed E-state index contributed by atoms with van der Waals surface area (Å²) >= 11 is 0. The molecule has 0 radical (unpaired) electrons. The summed E-state index contributed by atoms with van der Waals surface area (Å²) in [6.07, 6.45) is 1.48. The molecule has 8 heteroatoms. The van der Waals surface area contributed by atoms with Gasteiger partial charge in [-0.05, 0) is 55.0 Å². The summed E-state index contributed by atoms with van der Waals surface area (Å²) in [5.74, 6) is 1.16. The molecule has 2 amide bonds. The molecule has 2 aromatic carbocycles. The fraction of sp³-hybridized carbons (Fsp3) is 0.300. The molecule has 1 aliphatic rings. The predicted molar refractivity (Wildman–Crippen MR) is 110 cm³/mol. The largest absolute Gasteiger partial charge is 0.492 e. The Morgan fingerprint density at radius 2 is 1.68 bits per heavy atom. The number of carbonyl (C=O) groups excluding carboxylic acids is 2. The van der Waals surface area contributed by atoms with Gasteiger partial charge in [0.2, 0.25) is 5.91 Å². The Morgan fingerprint density at radius 1 is 1.04 bits per heavy atom. The van der Waals surface area contributed by atoms with Crippen molar-refractivity contribution in [3.8, 4) is 11.5 Å². The number of halogens is 1. The smallest absolute Gasteiger partial charge is 0.262 e. The number of rotatable bonds is 8. The van der Waals surface area contributed by atoms with Crippen LogP contribution < -0.4 is 25.4 Å². The number of amides is 2. The SMILES string of the molecule is Cl.NCCOc1ccc(NC(=O)COc2ccc(N3CCCC3=O)cc2)cc1. The Labute approximate surface area is 170 Å². The molecule has 0 spiro atoms. The highest BCUT2D eigenvalue weighted by molar-refractivity contribution is 5.95. The number of carbonyl (C=O) groups is 2. The van der Waals surface area contributed by atoms with E-state index >= 15 is 0 Å². The second-order valence-electron chi connectivity index (χ2n) is 6.14. The molecule has 0 saturated carbocycles. The monoisotopic (exact) mass is 405 g/mol. The Morgan fingerprint density at radius 3 is 2.29 bits per heavy atom. The van der Waals surface area contributed by atoms with Crippen molar-refractivity contribution < 1.29 is 19.1 Å². The molecule has 1 saturated heterocycles. The zero-order valence-electron chi connectivity index (χ0n) is 15.4. The molecule has 0 unspecified atom stereocenters. The molecule has 28 heavy (non-hydrogen) atoms. The first-order valence-electron chi connectivity index (χ1n) is 8.92. The number of ether oxygens (including phenoxy) is 2. The minimum atomic E-state index is -0.260. The number of anilines is 2. The fourth-order valence-corrected chi connectivity index (χ4v) is 2.80. The van der Waals surface area contributed by atoms with E-state index < -0.39 is 0 Å². The zero-order valence-corrected chi connectivity index (χ0v) is 16.2. The van der Waals surface area contributed by atoms with Crippen molar-refractivity contribution in [3.05, 3.63) is 48.5 Å². The van der Waals surface area contributed by atoms with Gasteiger partial charge in [-0.25, -0.2) is 0 Å². The van der Waals surface area contributed by atoms with E-state index in [0.29, 0.717) is 36.8 Å². The van der Waals surface area contributed by atoms with Gasteiger partial charge in [-0.2, -0.15) is 0 Å². The van der Waals surface area contributed by atoms with Gasteiger partial charge in [0.15, 0.2) is 6.61 Å². The van der Waals surface area contributed by atoms with Crippen molar-refractivity contribution in [1.29, 1.82) is 0 Å². The summed E-state index contributed by atoms with van der Waals surface area (Å²) in [7, 11) is 0. The minimum Gasteiger partial charge on any atom is -0.492 e. The molecular weight excluding hydrogens is 382 g/mol. The number of nitrogens with two attached hydrogens (primary N) is 1. The molecule has 0 aliphatic carbocycles. The normalized spacial score (nSPS) is 13.0. The van der Waals surface area contributed by atoms with Crippen LogP contribution >= 0.6 is 12.4 Å². The average Bonchev–Trinajstić information content (AvgIpc) is 3.12. The van der Waals surface area contributed by atoms with Crippen molar-refractivity contribution >= 4 is 35.6 Å². The van der Waals surface area contributed by atoms with Crippen LogP contribution in [0.15, 0.2) is 48.5 Å². The topological polar surface area (TPSA) is 93.9 Å². The van der Waals surface area contributed by atoms with Gasteiger partial charge >= 0.3 is 0 Å². The van der Waals surface area contributed by atoms with Gasteiger partial charge < -0.3 is 25.4 Å². The molecule has 0 atom stereocenters. The molecular formula is C20H24ClN3O4. The first-order chi connectivity index (χ1) is 13.2. The molecule has 3 rings (SSSR count). The highest BCUT2D eigenvalue weighted by atomic mass is 35.5. The van der Waals surface area contributed by atoms with Crippen molar-refractivity contribution in [2.45, 2.75) is 12.8 Å². The van der Waals surface area contributed by atoms with Crippen molar-refractivity contribution in [2.75, 3.05) is 36.5 Å². The lowest BCUT2D eigenvalue weighted by Gasteiger charge is -2.16. The van der Waals surface area contributed by atoms with Gasteiger partial charge in [-0.3, -0.25) is 9.59 Å². The highest BCUT2D eigenvalue weighted by Crippen LogP contribution is 2.24. The quantitative estimate of drug-likeness (QED) is 0.704. The number of nitrogens with one attached hydrogen (secondary N) is 1. The number of benzene rings is 2. The van der Waals surface area contributed by atoms with Gasteiger partial charge in [0.25, 0.3) is 5.91 Å². The van der Waals surface area contributed by atoms with E-state index in [2.05, 4.69) is 5.32 Å². The Hall–Kier alpha value is -2.77. The summed E-state index contributed by atoms with van der Waals surface area (Å²) < 4.78 is 10.9. The lowest BCUT2D eigenvalue weighted by atomic mass is 10.3. The van der Waals surface area contributed by atoms with E-state index in [9.17, 15) is 9.59 Å². The van der Waals surface area contributed by atoms with E-state index in [1.54, 1.807) is 41.3 Å². The van der Waals surface area contributed by atoms with Crippen LogP contribution in [0.3, 0.4) is 0 Å². The maximum Gasteiger partial charge on any atom is 0.262 e. The second kappa shape index (κ2) is 10.5. The van der Waals surface area contributed by atoms with Gasteiger partial charge in [0.1, 0.15) is 18.1 Å². The molecule has 0 aromatic heterocycles. The molecule has 150 valence electrons. The zero-order chi connectivity index (χ0) is 19.1. The maximum atomic E-state index is 12.0. The summed E-state index contributed by atoms with van der Waals surface area (Å²) in [6.45, 7) is 1.54. The summed E-state index contributed by atoms with van der Waals surface area (Å²) in [5, 5.41) is 2.76. The molecule has 0 bridgehead atoms. The van der Waals surface area contributed by atoms with Crippen LogP contribution in [0.25, 0.3) is 0 Å². The van der Waals surface area contributed by atoms with Crippen LogP contribution in [-0.2, 0) is 9.59 Å². The summed E-state index contributed by atoms with van der Waals surface area (Å²) in [4.78, 5) is 25.5. The van der Waals surface area contributed by atoms with Crippen molar-refractivity contribution in [2.24, 2.45) is 5.73 Å². The van der Waals surface area contributed by atoms with Crippen LogP contribution in [0.4, 0.5) is 11.4 Å². The fourth-order valence-electron chi connectivity index (χ4n) is 2.80. The van der Waals surface area contributed by atoms with Crippen LogP contribution in [0.1, 0.15) is 12.8 Å². The lowest BCUT2D eigenvalue weighted by molar-refractivity contribution is -0.118. The Kier molecular flexibility index (Phi) is 8.10. The number of hydrogen-bond acceptors (Lipinski definition) is 5. The molecule has 2 aromatic rings. The third-order valence-electron chi connectivity index (χ3n) is 4.12. The van der Waals surface area contributed by atoms with Crippen molar-refractivity contribution in [1.82, 2.24) is 0 Å².